The second kappa shape index (κ2) is 7.05. The van der Waals surface area contributed by atoms with Gasteiger partial charge >= 0.3 is 0 Å². The van der Waals surface area contributed by atoms with Crippen LogP contribution in [0.3, 0.4) is 0 Å². The first-order chi connectivity index (χ1) is 10.7. The number of carbonyl (C=O) groups is 1. The Morgan fingerprint density at radius 3 is 2.86 bits per heavy atom. The van der Waals surface area contributed by atoms with Crippen molar-refractivity contribution < 1.29 is 9.53 Å². The molecule has 2 aliphatic heterocycles. The molecule has 0 unspecified atom stereocenters. The normalized spacial score (nSPS) is 21.3. The number of amides is 1. The van der Waals surface area contributed by atoms with Gasteiger partial charge in [-0.05, 0) is 32.6 Å². The minimum absolute atomic E-state index is 0.187. The Bertz CT molecular complexity index is 511. The number of rotatable bonds is 5. The van der Waals surface area contributed by atoms with Crippen LogP contribution in [-0.4, -0.2) is 59.7 Å². The number of aryl methyl sites for hydroxylation is 1. The van der Waals surface area contributed by atoms with E-state index in [9.17, 15) is 4.79 Å². The maximum Gasteiger partial charge on any atom is 0.242 e. The summed E-state index contributed by atoms with van der Waals surface area (Å²) in [6.45, 7) is 5.62. The van der Waals surface area contributed by atoms with Crippen molar-refractivity contribution >= 4 is 11.7 Å². The SMILES string of the molecule is Cc1cc(N(CC(=O)N2CCCC2)C[C@@H]2CCCO2)ncn1. The Morgan fingerprint density at radius 2 is 2.18 bits per heavy atom. The summed E-state index contributed by atoms with van der Waals surface area (Å²) in [6.07, 6.45) is 6.14. The molecule has 1 aromatic heterocycles. The number of carbonyl (C=O) groups excluding carboxylic acids is 1. The number of aromatic nitrogens is 2. The lowest BCUT2D eigenvalue weighted by atomic mass is 10.2. The molecule has 0 saturated carbocycles. The van der Waals surface area contributed by atoms with Crippen LogP contribution >= 0.6 is 0 Å². The third-order valence-corrected chi connectivity index (χ3v) is 4.35. The molecule has 22 heavy (non-hydrogen) atoms. The maximum absolute atomic E-state index is 12.5. The van der Waals surface area contributed by atoms with E-state index in [0.717, 1.165) is 63.4 Å². The van der Waals surface area contributed by atoms with E-state index < -0.39 is 0 Å². The Balaban J connectivity index is 1.71. The second-order valence-corrected chi connectivity index (χ2v) is 6.12. The van der Waals surface area contributed by atoms with Gasteiger partial charge in [-0.15, -0.1) is 0 Å². The van der Waals surface area contributed by atoms with Crippen molar-refractivity contribution in [1.82, 2.24) is 14.9 Å². The van der Waals surface area contributed by atoms with Gasteiger partial charge in [-0.2, -0.15) is 0 Å². The molecule has 3 rings (SSSR count). The van der Waals surface area contributed by atoms with Crippen molar-refractivity contribution in [2.75, 3.05) is 37.7 Å². The molecule has 0 N–H and O–H groups in total. The van der Waals surface area contributed by atoms with Crippen molar-refractivity contribution in [3.63, 3.8) is 0 Å². The molecular weight excluding hydrogens is 280 g/mol. The Kier molecular flexibility index (Phi) is 4.87. The molecule has 1 atom stereocenters. The molecule has 0 spiro atoms. The van der Waals surface area contributed by atoms with E-state index in [4.69, 9.17) is 4.74 Å². The van der Waals surface area contributed by atoms with Gasteiger partial charge in [0.25, 0.3) is 0 Å². The van der Waals surface area contributed by atoms with Crippen molar-refractivity contribution in [2.45, 2.75) is 38.7 Å². The highest BCUT2D eigenvalue weighted by Gasteiger charge is 2.25. The maximum atomic E-state index is 12.5. The molecule has 1 aromatic rings. The third-order valence-electron chi connectivity index (χ3n) is 4.35. The van der Waals surface area contributed by atoms with Crippen LogP contribution in [0.5, 0.6) is 0 Å². The lowest BCUT2D eigenvalue weighted by Crippen LogP contribution is -2.42. The minimum atomic E-state index is 0.187. The number of anilines is 1. The topological polar surface area (TPSA) is 58.6 Å². The van der Waals surface area contributed by atoms with Crippen LogP contribution in [0.2, 0.25) is 0 Å². The van der Waals surface area contributed by atoms with E-state index in [2.05, 4.69) is 9.97 Å². The molecule has 0 radical (unpaired) electrons. The highest BCUT2D eigenvalue weighted by atomic mass is 16.5. The van der Waals surface area contributed by atoms with Gasteiger partial charge in [0.2, 0.25) is 5.91 Å². The molecule has 2 fully saturated rings. The minimum Gasteiger partial charge on any atom is -0.376 e. The van der Waals surface area contributed by atoms with E-state index in [1.807, 2.05) is 22.8 Å². The van der Waals surface area contributed by atoms with Crippen LogP contribution < -0.4 is 4.90 Å². The molecule has 6 nitrogen and oxygen atoms in total. The second-order valence-electron chi connectivity index (χ2n) is 6.12. The first-order valence-corrected chi connectivity index (χ1v) is 8.15. The summed E-state index contributed by atoms with van der Waals surface area (Å²) < 4.78 is 5.73. The summed E-state index contributed by atoms with van der Waals surface area (Å²) in [5.41, 5.74) is 0.913. The highest BCUT2D eigenvalue weighted by molar-refractivity contribution is 5.81. The largest absolute Gasteiger partial charge is 0.376 e. The number of likely N-dealkylation sites (tertiary alicyclic amines) is 1. The van der Waals surface area contributed by atoms with Gasteiger partial charge in [0.05, 0.1) is 12.6 Å². The van der Waals surface area contributed by atoms with Crippen LogP contribution in [0.25, 0.3) is 0 Å². The van der Waals surface area contributed by atoms with E-state index in [1.165, 1.54) is 0 Å². The molecule has 3 heterocycles. The van der Waals surface area contributed by atoms with Crippen LogP contribution in [0.1, 0.15) is 31.4 Å². The fourth-order valence-corrected chi connectivity index (χ4v) is 3.12. The predicted molar refractivity (Wildman–Crippen MR) is 83.8 cm³/mol. The summed E-state index contributed by atoms with van der Waals surface area (Å²) in [7, 11) is 0. The highest BCUT2D eigenvalue weighted by Crippen LogP contribution is 2.18. The number of ether oxygens (including phenoxy) is 1. The van der Waals surface area contributed by atoms with Crippen molar-refractivity contribution in [3.8, 4) is 0 Å². The zero-order valence-electron chi connectivity index (χ0n) is 13.2. The quantitative estimate of drug-likeness (QED) is 0.823. The van der Waals surface area contributed by atoms with Crippen molar-refractivity contribution in [3.05, 3.63) is 18.1 Å². The van der Waals surface area contributed by atoms with E-state index in [0.29, 0.717) is 6.54 Å². The first-order valence-electron chi connectivity index (χ1n) is 8.15. The number of nitrogens with zero attached hydrogens (tertiary/aromatic N) is 4. The molecule has 0 aliphatic carbocycles. The monoisotopic (exact) mass is 304 g/mol. The van der Waals surface area contributed by atoms with Crippen LogP contribution in [-0.2, 0) is 9.53 Å². The summed E-state index contributed by atoms with van der Waals surface area (Å²) >= 11 is 0. The van der Waals surface area contributed by atoms with Gasteiger partial charge in [-0.3, -0.25) is 4.79 Å². The van der Waals surface area contributed by atoms with Crippen LogP contribution in [0.4, 0.5) is 5.82 Å². The number of hydrogen-bond donors (Lipinski definition) is 0. The fraction of sp³-hybridized carbons (Fsp3) is 0.688. The average molecular weight is 304 g/mol. The summed E-state index contributed by atoms with van der Waals surface area (Å²) in [5, 5.41) is 0. The molecule has 6 heteroatoms. The van der Waals surface area contributed by atoms with Gasteiger partial charge in [0.1, 0.15) is 12.1 Å². The van der Waals surface area contributed by atoms with Gasteiger partial charge in [0, 0.05) is 38.0 Å². The van der Waals surface area contributed by atoms with Crippen LogP contribution in [0, 0.1) is 6.92 Å². The molecule has 1 amide bonds. The van der Waals surface area contributed by atoms with E-state index >= 15 is 0 Å². The van der Waals surface area contributed by atoms with Crippen molar-refractivity contribution in [2.24, 2.45) is 0 Å². The molecule has 2 saturated heterocycles. The average Bonchev–Trinajstić information content (AvgIpc) is 3.20. The molecular formula is C16H24N4O2. The summed E-state index contributed by atoms with van der Waals surface area (Å²) in [4.78, 5) is 25.0. The third kappa shape index (κ3) is 3.74. The lowest BCUT2D eigenvalue weighted by molar-refractivity contribution is -0.128. The smallest absolute Gasteiger partial charge is 0.242 e. The Hall–Kier alpha value is -1.69. The van der Waals surface area contributed by atoms with E-state index in [1.54, 1.807) is 6.33 Å². The van der Waals surface area contributed by atoms with Gasteiger partial charge in [-0.1, -0.05) is 0 Å². The molecule has 0 bridgehead atoms. The number of hydrogen-bond acceptors (Lipinski definition) is 5. The molecule has 120 valence electrons. The van der Waals surface area contributed by atoms with Crippen LogP contribution in [0.15, 0.2) is 12.4 Å². The van der Waals surface area contributed by atoms with Gasteiger partial charge in [0.15, 0.2) is 0 Å². The summed E-state index contributed by atoms with van der Waals surface area (Å²) in [5.74, 6) is 1.00. The van der Waals surface area contributed by atoms with E-state index in [-0.39, 0.29) is 12.0 Å². The first kappa shape index (κ1) is 15.2. The van der Waals surface area contributed by atoms with Gasteiger partial charge < -0.3 is 14.5 Å². The predicted octanol–water partition coefficient (Wildman–Crippen LogP) is 1.39. The van der Waals surface area contributed by atoms with Gasteiger partial charge in [-0.25, -0.2) is 9.97 Å². The zero-order chi connectivity index (χ0) is 15.4. The molecule has 0 aromatic carbocycles. The fourth-order valence-electron chi connectivity index (χ4n) is 3.12. The zero-order valence-corrected chi connectivity index (χ0v) is 13.2. The standard InChI is InChI=1S/C16H24N4O2/c1-13-9-15(18-12-17-13)20(10-14-5-4-8-22-14)11-16(21)19-6-2-3-7-19/h9,12,14H,2-8,10-11H2,1H3/t14-/m0/s1. The Morgan fingerprint density at radius 1 is 1.36 bits per heavy atom. The Labute approximate surface area is 131 Å². The lowest BCUT2D eigenvalue weighted by Gasteiger charge is -2.28. The summed E-state index contributed by atoms with van der Waals surface area (Å²) in [6, 6.07) is 1.94. The molecule has 2 aliphatic rings. The van der Waals surface area contributed by atoms with Crippen molar-refractivity contribution in [1.29, 1.82) is 0 Å².